The third-order valence-corrected chi connectivity index (χ3v) is 3.81. The van der Waals surface area contributed by atoms with Crippen molar-refractivity contribution in [2.45, 2.75) is 32.9 Å². The lowest BCUT2D eigenvalue weighted by Crippen LogP contribution is -2.37. The number of nitrogens with one attached hydrogen (secondary N) is 2. The van der Waals surface area contributed by atoms with E-state index >= 15 is 0 Å². The van der Waals surface area contributed by atoms with Crippen molar-refractivity contribution in [2.75, 3.05) is 0 Å². The number of hydrogen-bond acceptors (Lipinski definition) is 5. The van der Waals surface area contributed by atoms with E-state index in [0.29, 0.717) is 0 Å². The van der Waals surface area contributed by atoms with E-state index in [1.165, 1.54) is 11.0 Å². The van der Waals surface area contributed by atoms with Gasteiger partial charge >= 0.3 is 0 Å². The molecule has 0 saturated heterocycles. The molecule has 0 spiro atoms. The lowest BCUT2D eigenvalue weighted by atomic mass is 10.0. The monoisotopic (exact) mass is 313 g/mol. The number of tetrazole rings is 1. The van der Waals surface area contributed by atoms with Gasteiger partial charge in [0, 0.05) is 0 Å². The van der Waals surface area contributed by atoms with E-state index in [1.807, 2.05) is 38.1 Å². The number of H-pyrrole nitrogens is 1. The molecule has 8 heteroatoms. The highest BCUT2D eigenvalue weighted by Gasteiger charge is 2.25. The minimum absolute atomic E-state index is 0.156. The molecule has 120 valence electrons. The SMILES string of the molecule is CC(C)C(NC(=O)C(C)n1cnnn1)c1nc2ccccc2[nH]1. The number of carbonyl (C=O) groups is 1. The van der Waals surface area contributed by atoms with Crippen molar-refractivity contribution in [3.63, 3.8) is 0 Å². The highest BCUT2D eigenvalue weighted by molar-refractivity contribution is 5.80. The smallest absolute Gasteiger partial charge is 0.245 e. The number of carbonyl (C=O) groups excluding carboxylic acids is 1. The van der Waals surface area contributed by atoms with Crippen molar-refractivity contribution < 1.29 is 4.79 Å². The van der Waals surface area contributed by atoms with Crippen LogP contribution in [0.3, 0.4) is 0 Å². The van der Waals surface area contributed by atoms with Crippen LogP contribution in [0.4, 0.5) is 0 Å². The van der Waals surface area contributed by atoms with Crippen LogP contribution in [-0.2, 0) is 4.79 Å². The highest BCUT2D eigenvalue weighted by atomic mass is 16.2. The molecule has 1 amide bonds. The Bertz CT molecular complexity index is 760. The molecule has 2 heterocycles. The minimum atomic E-state index is -0.490. The molecule has 0 fully saturated rings. The average Bonchev–Trinajstić information content (AvgIpc) is 3.19. The third-order valence-electron chi connectivity index (χ3n) is 3.81. The van der Waals surface area contributed by atoms with Crippen LogP contribution in [-0.4, -0.2) is 36.1 Å². The number of fused-ring (bicyclic) bond motifs is 1. The molecule has 2 unspecified atom stereocenters. The molecule has 0 radical (unpaired) electrons. The van der Waals surface area contributed by atoms with Gasteiger partial charge in [0.25, 0.3) is 0 Å². The lowest BCUT2D eigenvalue weighted by molar-refractivity contribution is -0.125. The molecule has 8 nitrogen and oxygen atoms in total. The zero-order chi connectivity index (χ0) is 16.4. The van der Waals surface area contributed by atoms with Gasteiger partial charge in [-0.15, -0.1) is 5.10 Å². The summed E-state index contributed by atoms with van der Waals surface area (Å²) in [4.78, 5) is 20.4. The van der Waals surface area contributed by atoms with Crippen LogP contribution >= 0.6 is 0 Å². The molecule has 2 aromatic heterocycles. The molecule has 0 saturated carbocycles. The normalized spacial score (nSPS) is 14.1. The van der Waals surface area contributed by atoms with Crippen molar-refractivity contribution >= 4 is 16.9 Å². The van der Waals surface area contributed by atoms with E-state index < -0.39 is 6.04 Å². The molecule has 0 aliphatic heterocycles. The predicted molar refractivity (Wildman–Crippen MR) is 84.3 cm³/mol. The molecule has 0 bridgehead atoms. The van der Waals surface area contributed by atoms with E-state index in [1.54, 1.807) is 6.92 Å². The number of benzene rings is 1. The molecule has 2 atom stereocenters. The summed E-state index contributed by atoms with van der Waals surface area (Å²) >= 11 is 0. The summed E-state index contributed by atoms with van der Waals surface area (Å²) in [5.41, 5.74) is 1.84. The van der Waals surface area contributed by atoms with E-state index in [-0.39, 0.29) is 17.9 Å². The third kappa shape index (κ3) is 3.05. The molecule has 3 rings (SSSR count). The highest BCUT2D eigenvalue weighted by Crippen LogP contribution is 2.22. The molecular formula is C15H19N7O. The van der Waals surface area contributed by atoms with Gasteiger partial charge in [-0.25, -0.2) is 9.67 Å². The first-order chi connectivity index (χ1) is 11.1. The van der Waals surface area contributed by atoms with Gasteiger partial charge in [0.1, 0.15) is 18.2 Å². The summed E-state index contributed by atoms with van der Waals surface area (Å²) < 4.78 is 1.42. The molecular weight excluding hydrogens is 294 g/mol. The molecule has 3 aromatic rings. The van der Waals surface area contributed by atoms with Gasteiger partial charge in [0.2, 0.25) is 5.91 Å². The van der Waals surface area contributed by atoms with Crippen LogP contribution in [0.15, 0.2) is 30.6 Å². The standard InChI is InChI=1S/C15H19N7O/c1-9(2)13(14-17-11-6-4-5-7-12(11)18-14)19-15(23)10(3)22-8-16-20-21-22/h4-10,13H,1-3H3,(H,17,18)(H,19,23). The van der Waals surface area contributed by atoms with Gasteiger partial charge in [-0.2, -0.15) is 0 Å². The first kappa shape index (κ1) is 15.1. The van der Waals surface area contributed by atoms with E-state index in [9.17, 15) is 4.79 Å². The van der Waals surface area contributed by atoms with Crippen molar-refractivity contribution in [3.05, 3.63) is 36.4 Å². The summed E-state index contributed by atoms with van der Waals surface area (Å²) in [6, 6.07) is 7.10. The zero-order valence-corrected chi connectivity index (χ0v) is 13.3. The Morgan fingerprint density at radius 1 is 1.26 bits per heavy atom. The largest absolute Gasteiger partial charge is 0.344 e. The Morgan fingerprint density at radius 3 is 2.70 bits per heavy atom. The maximum absolute atomic E-state index is 12.5. The summed E-state index contributed by atoms with van der Waals surface area (Å²) in [6.45, 7) is 5.83. The topological polar surface area (TPSA) is 101 Å². The number of imidazole rings is 1. The predicted octanol–water partition coefficient (Wildman–Crippen LogP) is 1.62. The molecule has 0 aliphatic rings. The number of aromatic amines is 1. The van der Waals surface area contributed by atoms with Gasteiger partial charge in [0.05, 0.1) is 17.1 Å². The fraction of sp³-hybridized carbons (Fsp3) is 0.400. The van der Waals surface area contributed by atoms with Crippen molar-refractivity contribution in [3.8, 4) is 0 Å². The van der Waals surface area contributed by atoms with Gasteiger partial charge in [-0.1, -0.05) is 26.0 Å². The van der Waals surface area contributed by atoms with Crippen LogP contribution < -0.4 is 5.32 Å². The van der Waals surface area contributed by atoms with Crippen molar-refractivity contribution in [1.29, 1.82) is 0 Å². The van der Waals surface area contributed by atoms with Crippen LogP contribution in [0.2, 0.25) is 0 Å². The number of hydrogen-bond donors (Lipinski definition) is 2. The number of amides is 1. The number of nitrogens with zero attached hydrogens (tertiary/aromatic N) is 5. The fourth-order valence-corrected chi connectivity index (χ4v) is 2.41. The summed E-state index contributed by atoms with van der Waals surface area (Å²) in [5.74, 6) is 0.774. The van der Waals surface area contributed by atoms with E-state index in [2.05, 4.69) is 30.8 Å². The van der Waals surface area contributed by atoms with Gasteiger partial charge in [-0.3, -0.25) is 4.79 Å². The summed E-state index contributed by atoms with van der Waals surface area (Å²) in [6.07, 6.45) is 1.43. The number of para-hydroxylation sites is 2. The Kier molecular flexibility index (Phi) is 4.05. The maximum Gasteiger partial charge on any atom is 0.245 e. The van der Waals surface area contributed by atoms with Crippen LogP contribution in [0.1, 0.15) is 38.7 Å². The number of rotatable bonds is 5. The number of aromatic nitrogens is 6. The van der Waals surface area contributed by atoms with Gasteiger partial charge in [0.15, 0.2) is 0 Å². The lowest BCUT2D eigenvalue weighted by Gasteiger charge is -2.22. The van der Waals surface area contributed by atoms with E-state index in [4.69, 9.17) is 0 Å². The second-order valence-electron chi connectivity index (χ2n) is 5.84. The van der Waals surface area contributed by atoms with Crippen molar-refractivity contribution in [1.82, 2.24) is 35.5 Å². The Morgan fingerprint density at radius 2 is 2.04 bits per heavy atom. The van der Waals surface area contributed by atoms with Gasteiger partial charge in [-0.05, 0) is 35.4 Å². The van der Waals surface area contributed by atoms with Crippen LogP contribution in [0.5, 0.6) is 0 Å². The fourth-order valence-electron chi connectivity index (χ4n) is 2.41. The summed E-state index contributed by atoms with van der Waals surface area (Å²) in [5, 5.41) is 13.9. The first-order valence-electron chi connectivity index (χ1n) is 7.53. The van der Waals surface area contributed by atoms with Gasteiger partial charge < -0.3 is 10.3 Å². The second kappa shape index (κ2) is 6.15. The molecule has 23 heavy (non-hydrogen) atoms. The van der Waals surface area contributed by atoms with Crippen molar-refractivity contribution in [2.24, 2.45) is 5.92 Å². The Labute approximate surface area is 133 Å². The second-order valence-corrected chi connectivity index (χ2v) is 5.84. The Balaban J connectivity index is 1.83. The maximum atomic E-state index is 12.5. The van der Waals surface area contributed by atoms with Crippen LogP contribution in [0, 0.1) is 5.92 Å². The quantitative estimate of drug-likeness (QED) is 0.745. The Hall–Kier alpha value is -2.77. The molecule has 0 aliphatic carbocycles. The molecule has 1 aromatic carbocycles. The van der Waals surface area contributed by atoms with Crippen LogP contribution in [0.25, 0.3) is 11.0 Å². The average molecular weight is 313 g/mol. The zero-order valence-electron chi connectivity index (χ0n) is 13.3. The first-order valence-corrected chi connectivity index (χ1v) is 7.53. The molecule has 2 N–H and O–H groups in total. The minimum Gasteiger partial charge on any atom is -0.344 e. The summed E-state index contributed by atoms with van der Waals surface area (Å²) in [7, 11) is 0. The van der Waals surface area contributed by atoms with E-state index in [0.717, 1.165) is 16.9 Å².